The van der Waals surface area contributed by atoms with Gasteiger partial charge >= 0.3 is 0 Å². The van der Waals surface area contributed by atoms with E-state index in [0.29, 0.717) is 0 Å². The lowest BCUT2D eigenvalue weighted by Gasteiger charge is -2.19. The third kappa shape index (κ3) is 2.97. The Bertz CT molecular complexity index is 491. The Labute approximate surface area is 101 Å². The molecule has 0 unspecified atom stereocenters. The summed E-state index contributed by atoms with van der Waals surface area (Å²) in [5, 5.41) is 3.42. The lowest BCUT2D eigenvalue weighted by atomic mass is 10.1. The number of H-pyrrole nitrogens is 1. The highest BCUT2D eigenvalue weighted by Gasteiger charge is 2.11. The van der Waals surface area contributed by atoms with Crippen LogP contribution in [0.1, 0.15) is 32.2 Å². The summed E-state index contributed by atoms with van der Waals surface area (Å²) in [5.74, 6) is 1.75. The Balaban J connectivity index is 2.09. The van der Waals surface area contributed by atoms with Crippen molar-refractivity contribution >= 4 is 0 Å². The molecule has 0 aliphatic rings. The van der Waals surface area contributed by atoms with Gasteiger partial charge in [0.15, 0.2) is 0 Å². The van der Waals surface area contributed by atoms with Crippen molar-refractivity contribution in [3.8, 4) is 11.4 Å². The molecule has 17 heavy (non-hydrogen) atoms. The van der Waals surface area contributed by atoms with Crippen molar-refractivity contribution in [2.24, 2.45) is 0 Å². The van der Waals surface area contributed by atoms with Crippen molar-refractivity contribution in [2.75, 3.05) is 0 Å². The Morgan fingerprint density at radius 1 is 1.41 bits per heavy atom. The van der Waals surface area contributed by atoms with Gasteiger partial charge < -0.3 is 14.7 Å². The zero-order valence-corrected chi connectivity index (χ0v) is 10.8. The van der Waals surface area contributed by atoms with Gasteiger partial charge in [-0.1, -0.05) is 0 Å². The number of nitrogens with one attached hydrogen (secondary N) is 2. The number of rotatable bonds is 3. The van der Waals surface area contributed by atoms with Crippen LogP contribution in [0.25, 0.3) is 11.4 Å². The SMILES string of the molecule is Cc1occc1-c1ncc(CNC(C)(C)C)[nH]1. The third-order valence-electron chi connectivity index (χ3n) is 2.55. The molecule has 0 saturated heterocycles. The van der Waals surface area contributed by atoms with Crippen molar-refractivity contribution in [1.29, 1.82) is 0 Å². The van der Waals surface area contributed by atoms with Gasteiger partial charge in [0, 0.05) is 24.0 Å². The van der Waals surface area contributed by atoms with Crippen LogP contribution < -0.4 is 5.32 Å². The molecule has 0 fully saturated rings. The van der Waals surface area contributed by atoms with Crippen LogP contribution in [-0.4, -0.2) is 15.5 Å². The predicted octanol–water partition coefficient (Wildman–Crippen LogP) is 2.87. The molecule has 0 bridgehead atoms. The highest BCUT2D eigenvalue weighted by Crippen LogP contribution is 2.21. The zero-order valence-electron chi connectivity index (χ0n) is 10.8. The molecule has 2 aromatic rings. The Morgan fingerprint density at radius 3 is 2.76 bits per heavy atom. The van der Waals surface area contributed by atoms with Gasteiger partial charge in [-0.3, -0.25) is 0 Å². The fraction of sp³-hybridized carbons (Fsp3) is 0.462. The maximum absolute atomic E-state index is 5.27. The van der Waals surface area contributed by atoms with Crippen LogP contribution in [0.2, 0.25) is 0 Å². The van der Waals surface area contributed by atoms with E-state index in [-0.39, 0.29) is 5.54 Å². The average Bonchev–Trinajstić information content (AvgIpc) is 2.81. The summed E-state index contributed by atoms with van der Waals surface area (Å²) in [5.41, 5.74) is 2.21. The fourth-order valence-corrected chi connectivity index (χ4v) is 1.58. The molecule has 0 atom stereocenters. The molecular weight excluding hydrogens is 214 g/mol. The quantitative estimate of drug-likeness (QED) is 0.857. The van der Waals surface area contributed by atoms with Crippen molar-refractivity contribution in [1.82, 2.24) is 15.3 Å². The summed E-state index contributed by atoms with van der Waals surface area (Å²) >= 11 is 0. The van der Waals surface area contributed by atoms with Crippen LogP contribution in [0.15, 0.2) is 22.9 Å². The van der Waals surface area contributed by atoms with Crippen molar-refractivity contribution in [3.63, 3.8) is 0 Å². The van der Waals surface area contributed by atoms with Crippen LogP contribution in [0.4, 0.5) is 0 Å². The molecule has 0 spiro atoms. The average molecular weight is 233 g/mol. The largest absolute Gasteiger partial charge is 0.469 e. The number of nitrogens with zero attached hydrogens (tertiary/aromatic N) is 1. The topological polar surface area (TPSA) is 53.9 Å². The molecule has 92 valence electrons. The van der Waals surface area contributed by atoms with E-state index in [1.807, 2.05) is 19.2 Å². The van der Waals surface area contributed by atoms with Gasteiger partial charge in [0.25, 0.3) is 0 Å². The first-order valence-electron chi connectivity index (χ1n) is 5.79. The molecule has 2 heterocycles. The van der Waals surface area contributed by atoms with Crippen molar-refractivity contribution in [3.05, 3.63) is 30.0 Å². The maximum Gasteiger partial charge on any atom is 0.141 e. The molecule has 0 aromatic carbocycles. The summed E-state index contributed by atoms with van der Waals surface area (Å²) in [6.07, 6.45) is 3.54. The number of aryl methyl sites for hydroxylation is 1. The number of hydrogen-bond donors (Lipinski definition) is 2. The minimum Gasteiger partial charge on any atom is -0.469 e. The van der Waals surface area contributed by atoms with E-state index in [2.05, 4.69) is 36.1 Å². The lowest BCUT2D eigenvalue weighted by Crippen LogP contribution is -2.35. The second-order valence-electron chi connectivity index (χ2n) is 5.25. The van der Waals surface area contributed by atoms with Gasteiger partial charge in [0.2, 0.25) is 0 Å². The van der Waals surface area contributed by atoms with Crippen LogP contribution in [0, 0.1) is 6.92 Å². The van der Waals surface area contributed by atoms with Gasteiger partial charge in [0.1, 0.15) is 11.6 Å². The Kier molecular flexibility index (Phi) is 3.07. The van der Waals surface area contributed by atoms with Gasteiger partial charge in [-0.15, -0.1) is 0 Å². The van der Waals surface area contributed by atoms with Crippen LogP contribution in [-0.2, 0) is 6.54 Å². The highest BCUT2D eigenvalue weighted by molar-refractivity contribution is 5.57. The minimum absolute atomic E-state index is 0.108. The standard InChI is InChI=1S/C13H19N3O/c1-9-11(5-6-17-9)12-14-7-10(16-12)8-15-13(2,3)4/h5-7,15H,8H2,1-4H3,(H,14,16). The highest BCUT2D eigenvalue weighted by atomic mass is 16.3. The Morgan fingerprint density at radius 2 is 2.18 bits per heavy atom. The molecule has 2 N–H and O–H groups in total. The molecule has 4 heteroatoms. The van der Waals surface area contributed by atoms with E-state index >= 15 is 0 Å². The summed E-state index contributed by atoms with van der Waals surface area (Å²) in [6, 6.07) is 1.93. The Hall–Kier alpha value is -1.55. The number of hydrogen-bond acceptors (Lipinski definition) is 3. The molecule has 0 amide bonds. The first-order valence-corrected chi connectivity index (χ1v) is 5.79. The van der Waals surface area contributed by atoms with Gasteiger partial charge in [-0.25, -0.2) is 4.98 Å². The molecule has 0 radical (unpaired) electrons. The normalized spacial score (nSPS) is 12.0. The van der Waals surface area contributed by atoms with Crippen LogP contribution >= 0.6 is 0 Å². The van der Waals surface area contributed by atoms with Crippen LogP contribution in [0.5, 0.6) is 0 Å². The summed E-state index contributed by atoms with van der Waals surface area (Å²) in [7, 11) is 0. The first-order chi connectivity index (χ1) is 7.96. The molecule has 2 rings (SSSR count). The number of imidazole rings is 1. The molecule has 0 aliphatic heterocycles. The van der Waals surface area contributed by atoms with Crippen molar-refractivity contribution < 1.29 is 4.42 Å². The first kappa shape index (κ1) is 11.9. The number of furan rings is 1. The second-order valence-corrected chi connectivity index (χ2v) is 5.25. The predicted molar refractivity (Wildman–Crippen MR) is 67.6 cm³/mol. The summed E-state index contributed by atoms with van der Waals surface area (Å²) < 4.78 is 5.27. The van der Waals surface area contributed by atoms with Gasteiger partial charge in [-0.2, -0.15) is 0 Å². The fourth-order valence-electron chi connectivity index (χ4n) is 1.58. The van der Waals surface area contributed by atoms with E-state index < -0.39 is 0 Å². The summed E-state index contributed by atoms with van der Waals surface area (Å²) in [4.78, 5) is 7.66. The zero-order chi connectivity index (χ0) is 12.5. The monoisotopic (exact) mass is 233 g/mol. The van der Waals surface area contributed by atoms with E-state index in [1.54, 1.807) is 6.26 Å². The lowest BCUT2D eigenvalue weighted by molar-refractivity contribution is 0.422. The van der Waals surface area contributed by atoms with Crippen LogP contribution in [0.3, 0.4) is 0 Å². The molecule has 4 nitrogen and oxygen atoms in total. The van der Waals surface area contributed by atoms with Gasteiger partial charge in [0.05, 0.1) is 11.8 Å². The summed E-state index contributed by atoms with van der Waals surface area (Å²) in [6.45, 7) is 9.15. The molecular formula is C13H19N3O. The molecule has 2 aromatic heterocycles. The number of aromatic amines is 1. The number of aromatic nitrogens is 2. The van der Waals surface area contributed by atoms with E-state index in [1.165, 1.54) is 0 Å². The smallest absolute Gasteiger partial charge is 0.141 e. The van der Waals surface area contributed by atoms with E-state index in [0.717, 1.165) is 29.4 Å². The minimum atomic E-state index is 0.108. The van der Waals surface area contributed by atoms with E-state index in [4.69, 9.17) is 4.42 Å². The van der Waals surface area contributed by atoms with Crippen molar-refractivity contribution in [2.45, 2.75) is 39.8 Å². The molecule has 0 saturated carbocycles. The third-order valence-corrected chi connectivity index (χ3v) is 2.55. The second kappa shape index (κ2) is 4.37. The van der Waals surface area contributed by atoms with Gasteiger partial charge in [-0.05, 0) is 33.8 Å². The molecule has 0 aliphatic carbocycles. The maximum atomic E-state index is 5.27. The van der Waals surface area contributed by atoms with E-state index in [9.17, 15) is 0 Å².